The highest BCUT2D eigenvalue weighted by atomic mass is 19.1. The maximum absolute atomic E-state index is 12.8. The van der Waals surface area contributed by atoms with Crippen LogP contribution in [-0.2, 0) is 4.79 Å². The summed E-state index contributed by atoms with van der Waals surface area (Å²) in [6, 6.07) is 14.7. The number of rotatable bonds is 7. The van der Waals surface area contributed by atoms with Crippen LogP contribution in [0.5, 0.6) is 5.75 Å². The topological polar surface area (TPSA) is 58.6 Å². The summed E-state index contributed by atoms with van der Waals surface area (Å²) in [5.41, 5.74) is 0.621. The zero-order valence-electron chi connectivity index (χ0n) is 12.0. The van der Waals surface area contributed by atoms with Gasteiger partial charge in [-0.3, -0.25) is 4.79 Å². The SMILES string of the molecule is O=C(COc1ccccc1)NCCC(O)c1ccc(F)cc1. The molecule has 1 unspecified atom stereocenters. The predicted molar refractivity (Wildman–Crippen MR) is 80.9 cm³/mol. The first kappa shape index (κ1) is 16.0. The van der Waals surface area contributed by atoms with E-state index in [1.54, 1.807) is 12.1 Å². The van der Waals surface area contributed by atoms with E-state index in [1.165, 1.54) is 24.3 Å². The summed E-state index contributed by atoms with van der Waals surface area (Å²) in [6.45, 7) is 0.242. The Bertz CT molecular complexity index is 587. The maximum Gasteiger partial charge on any atom is 0.257 e. The third kappa shape index (κ3) is 5.18. The Labute approximate surface area is 128 Å². The van der Waals surface area contributed by atoms with Gasteiger partial charge in [-0.1, -0.05) is 30.3 Å². The molecule has 2 aromatic rings. The summed E-state index contributed by atoms with van der Waals surface area (Å²) in [4.78, 5) is 11.6. The molecule has 1 atom stereocenters. The van der Waals surface area contributed by atoms with Crippen molar-refractivity contribution in [3.8, 4) is 5.75 Å². The van der Waals surface area contributed by atoms with Gasteiger partial charge in [-0.15, -0.1) is 0 Å². The summed E-state index contributed by atoms with van der Waals surface area (Å²) in [5, 5.41) is 12.6. The number of halogens is 1. The third-order valence-corrected chi connectivity index (χ3v) is 3.11. The van der Waals surface area contributed by atoms with Crippen LogP contribution in [0.4, 0.5) is 4.39 Å². The summed E-state index contributed by atoms with van der Waals surface area (Å²) >= 11 is 0. The largest absolute Gasteiger partial charge is 0.484 e. The van der Waals surface area contributed by atoms with Crippen LogP contribution >= 0.6 is 0 Å². The minimum Gasteiger partial charge on any atom is -0.484 e. The molecule has 0 saturated carbocycles. The van der Waals surface area contributed by atoms with Gasteiger partial charge in [-0.05, 0) is 36.2 Å². The number of ether oxygens (including phenoxy) is 1. The number of carbonyl (C=O) groups excluding carboxylic acids is 1. The zero-order valence-corrected chi connectivity index (χ0v) is 12.0. The molecule has 0 aliphatic rings. The quantitative estimate of drug-likeness (QED) is 0.826. The van der Waals surface area contributed by atoms with Crippen molar-refractivity contribution in [3.05, 3.63) is 66.0 Å². The van der Waals surface area contributed by atoms with E-state index in [0.717, 1.165) is 0 Å². The van der Waals surface area contributed by atoms with Gasteiger partial charge in [0.2, 0.25) is 0 Å². The molecule has 0 aliphatic carbocycles. The molecular formula is C17H18FNO3. The monoisotopic (exact) mass is 303 g/mol. The summed E-state index contributed by atoms with van der Waals surface area (Å²) < 4.78 is 18.1. The normalized spacial score (nSPS) is 11.7. The Balaban J connectivity index is 1.67. The van der Waals surface area contributed by atoms with Gasteiger partial charge < -0.3 is 15.2 Å². The van der Waals surface area contributed by atoms with Gasteiger partial charge in [0, 0.05) is 6.54 Å². The van der Waals surface area contributed by atoms with Gasteiger partial charge >= 0.3 is 0 Å². The van der Waals surface area contributed by atoms with Crippen molar-refractivity contribution >= 4 is 5.91 Å². The molecule has 2 aromatic carbocycles. The lowest BCUT2D eigenvalue weighted by atomic mass is 10.1. The molecule has 0 saturated heterocycles. The molecule has 22 heavy (non-hydrogen) atoms. The zero-order chi connectivity index (χ0) is 15.8. The van der Waals surface area contributed by atoms with Crippen molar-refractivity contribution < 1.29 is 19.0 Å². The molecule has 5 heteroatoms. The van der Waals surface area contributed by atoms with Crippen molar-refractivity contribution in [1.82, 2.24) is 5.32 Å². The lowest BCUT2D eigenvalue weighted by Crippen LogP contribution is -2.30. The Morgan fingerprint density at radius 3 is 2.50 bits per heavy atom. The average Bonchev–Trinajstić information content (AvgIpc) is 2.54. The summed E-state index contributed by atoms with van der Waals surface area (Å²) in [5.74, 6) is 0.0291. The van der Waals surface area contributed by atoms with Gasteiger partial charge in [0.25, 0.3) is 5.91 Å². The lowest BCUT2D eigenvalue weighted by molar-refractivity contribution is -0.123. The second kappa shape index (κ2) is 8.14. The first-order valence-corrected chi connectivity index (χ1v) is 7.03. The van der Waals surface area contributed by atoms with Crippen molar-refractivity contribution in [2.24, 2.45) is 0 Å². The van der Waals surface area contributed by atoms with E-state index in [-0.39, 0.29) is 18.3 Å². The van der Waals surface area contributed by atoms with Crippen molar-refractivity contribution in [2.45, 2.75) is 12.5 Å². The van der Waals surface area contributed by atoms with Gasteiger partial charge in [0.05, 0.1) is 6.10 Å². The second-order valence-corrected chi connectivity index (χ2v) is 4.81. The Hall–Kier alpha value is -2.40. The smallest absolute Gasteiger partial charge is 0.257 e. The number of nitrogens with one attached hydrogen (secondary N) is 1. The number of benzene rings is 2. The molecule has 0 fully saturated rings. The Morgan fingerprint density at radius 2 is 1.82 bits per heavy atom. The standard InChI is InChI=1S/C17H18FNO3/c18-14-8-6-13(7-9-14)16(20)10-11-19-17(21)12-22-15-4-2-1-3-5-15/h1-9,16,20H,10-12H2,(H,19,21). The average molecular weight is 303 g/mol. The van der Waals surface area contributed by atoms with Crippen molar-refractivity contribution in [1.29, 1.82) is 0 Å². The molecule has 116 valence electrons. The van der Waals surface area contributed by atoms with Gasteiger partial charge in [-0.2, -0.15) is 0 Å². The third-order valence-electron chi connectivity index (χ3n) is 3.11. The molecule has 0 radical (unpaired) electrons. The van der Waals surface area contributed by atoms with Gasteiger partial charge in [0.1, 0.15) is 11.6 Å². The summed E-state index contributed by atoms with van der Waals surface area (Å²) in [6.07, 6.45) is -0.390. The molecule has 2 rings (SSSR count). The molecule has 0 aromatic heterocycles. The van der Waals surface area contributed by atoms with E-state index >= 15 is 0 Å². The van der Waals surface area contributed by atoms with E-state index < -0.39 is 6.10 Å². The van der Waals surface area contributed by atoms with E-state index in [4.69, 9.17) is 4.74 Å². The van der Waals surface area contributed by atoms with Crippen LogP contribution in [0.25, 0.3) is 0 Å². The van der Waals surface area contributed by atoms with Gasteiger partial charge in [0.15, 0.2) is 6.61 Å². The van der Waals surface area contributed by atoms with E-state index in [0.29, 0.717) is 24.3 Å². The van der Waals surface area contributed by atoms with Crippen LogP contribution in [0.2, 0.25) is 0 Å². The predicted octanol–water partition coefficient (Wildman–Crippen LogP) is 2.44. The number of para-hydroxylation sites is 1. The first-order chi connectivity index (χ1) is 10.6. The Morgan fingerprint density at radius 1 is 1.14 bits per heavy atom. The molecule has 2 N–H and O–H groups in total. The van der Waals surface area contributed by atoms with Crippen LogP contribution in [-0.4, -0.2) is 24.2 Å². The lowest BCUT2D eigenvalue weighted by Gasteiger charge is -2.12. The number of hydrogen-bond donors (Lipinski definition) is 2. The van der Waals surface area contributed by atoms with Crippen LogP contribution < -0.4 is 10.1 Å². The Kier molecular flexibility index (Phi) is 5.91. The highest BCUT2D eigenvalue weighted by Crippen LogP contribution is 2.16. The molecule has 0 aliphatic heterocycles. The molecule has 1 amide bonds. The van der Waals surface area contributed by atoms with Crippen molar-refractivity contribution in [2.75, 3.05) is 13.2 Å². The molecular weight excluding hydrogens is 285 g/mol. The minimum absolute atomic E-state index is 0.0728. The number of carbonyl (C=O) groups is 1. The van der Waals surface area contributed by atoms with Crippen molar-refractivity contribution in [3.63, 3.8) is 0 Å². The highest BCUT2D eigenvalue weighted by molar-refractivity contribution is 5.77. The van der Waals surface area contributed by atoms with Crippen LogP contribution in [0.3, 0.4) is 0 Å². The van der Waals surface area contributed by atoms with E-state index in [1.807, 2.05) is 18.2 Å². The molecule has 0 bridgehead atoms. The molecule has 0 spiro atoms. The second-order valence-electron chi connectivity index (χ2n) is 4.81. The maximum atomic E-state index is 12.8. The first-order valence-electron chi connectivity index (χ1n) is 7.03. The fourth-order valence-electron chi connectivity index (χ4n) is 1.92. The number of hydrogen-bond acceptors (Lipinski definition) is 3. The number of amides is 1. The van der Waals surface area contributed by atoms with Crippen LogP contribution in [0.15, 0.2) is 54.6 Å². The fraction of sp³-hybridized carbons (Fsp3) is 0.235. The van der Waals surface area contributed by atoms with E-state index in [2.05, 4.69) is 5.32 Å². The number of aliphatic hydroxyl groups is 1. The number of aliphatic hydroxyl groups excluding tert-OH is 1. The van der Waals surface area contributed by atoms with E-state index in [9.17, 15) is 14.3 Å². The van der Waals surface area contributed by atoms with Crippen LogP contribution in [0.1, 0.15) is 18.1 Å². The summed E-state index contributed by atoms with van der Waals surface area (Å²) in [7, 11) is 0. The fourth-order valence-corrected chi connectivity index (χ4v) is 1.92. The highest BCUT2D eigenvalue weighted by Gasteiger charge is 2.08. The van der Waals surface area contributed by atoms with Crippen LogP contribution in [0, 0.1) is 5.82 Å². The minimum atomic E-state index is -0.740. The molecule has 4 nitrogen and oxygen atoms in total. The van der Waals surface area contributed by atoms with Gasteiger partial charge in [-0.25, -0.2) is 4.39 Å². The molecule has 0 heterocycles.